The summed E-state index contributed by atoms with van der Waals surface area (Å²) in [5, 5.41) is 10.5. The third-order valence-corrected chi connectivity index (χ3v) is 5.01. The maximum absolute atomic E-state index is 11.9. The second-order valence-electron chi connectivity index (χ2n) is 6.14. The van der Waals surface area contributed by atoms with E-state index in [1.807, 2.05) is 0 Å². The van der Waals surface area contributed by atoms with E-state index in [1.165, 1.54) is 0 Å². The molecule has 2 saturated carbocycles. The van der Waals surface area contributed by atoms with Crippen molar-refractivity contribution < 1.29 is 24.2 Å². The number of esters is 2. The van der Waals surface area contributed by atoms with Gasteiger partial charge in [0, 0.05) is 23.8 Å². The van der Waals surface area contributed by atoms with Crippen LogP contribution in [-0.4, -0.2) is 34.4 Å². The highest BCUT2D eigenvalue weighted by Gasteiger charge is 2.81. The Morgan fingerprint density at radius 3 is 2.78 bits per heavy atom. The van der Waals surface area contributed by atoms with Crippen LogP contribution in [0.3, 0.4) is 0 Å². The molecule has 18 heavy (non-hydrogen) atoms. The molecule has 4 rings (SSSR count). The minimum atomic E-state index is -0.961. The van der Waals surface area contributed by atoms with Crippen LogP contribution in [0.2, 0.25) is 0 Å². The summed E-state index contributed by atoms with van der Waals surface area (Å²) in [5.74, 6) is -1.36. The van der Waals surface area contributed by atoms with E-state index in [2.05, 4.69) is 0 Å². The van der Waals surface area contributed by atoms with E-state index in [4.69, 9.17) is 9.47 Å². The Morgan fingerprint density at radius 1 is 1.44 bits per heavy atom. The molecule has 96 valence electrons. The minimum Gasteiger partial charge on any atom is -0.462 e. The van der Waals surface area contributed by atoms with Crippen LogP contribution in [0.25, 0.3) is 0 Å². The monoisotopic (exact) mass is 250 g/mol. The SMILES string of the molecule is CC1=C[C@@]2(OC1=O)[C@H]1[C@@H]3[C@H](C[C@]1(C)O)OC(=O)[C@@H]32. The molecule has 0 amide bonds. The zero-order valence-corrected chi connectivity index (χ0v) is 10.2. The Kier molecular flexibility index (Phi) is 1.55. The van der Waals surface area contributed by atoms with E-state index in [1.54, 1.807) is 19.9 Å². The summed E-state index contributed by atoms with van der Waals surface area (Å²) >= 11 is 0. The Morgan fingerprint density at radius 2 is 2.17 bits per heavy atom. The van der Waals surface area contributed by atoms with Gasteiger partial charge in [-0.05, 0) is 19.9 Å². The van der Waals surface area contributed by atoms with Gasteiger partial charge in [-0.3, -0.25) is 4.79 Å². The molecule has 6 atom stereocenters. The molecule has 0 unspecified atom stereocenters. The molecule has 0 aromatic heterocycles. The molecule has 0 aromatic carbocycles. The van der Waals surface area contributed by atoms with Crippen molar-refractivity contribution in [2.24, 2.45) is 17.8 Å². The lowest BCUT2D eigenvalue weighted by Crippen LogP contribution is -2.66. The van der Waals surface area contributed by atoms with Crippen LogP contribution in [0.1, 0.15) is 20.3 Å². The number of carbonyl (C=O) groups excluding carboxylic acids is 2. The number of fused-ring (bicyclic) bond motifs is 2. The first kappa shape index (κ1) is 10.6. The van der Waals surface area contributed by atoms with Crippen molar-refractivity contribution in [3.63, 3.8) is 0 Å². The first-order valence-electron chi connectivity index (χ1n) is 6.22. The van der Waals surface area contributed by atoms with Crippen LogP contribution in [0.5, 0.6) is 0 Å². The van der Waals surface area contributed by atoms with Gasteiger partial charge in [-0.2, -0.15) is 0 Å². The van der Waals surface area contributed by atoms with E-state index in [0.29, 0.717) is 12.0 Å². The van der Waals surface area contributed by atoms with E-state index >= 15 is 0 Å². The predicted molar refractivity (Wildman–Crippen MR) is 58.2 cm³/mol. The van der Waals surface area contributed by atoms with Gasteiger partial charge in [-0.15, -0.1) is 0 Å². The minimum absolute atomic E-state index is 0.0116. The van der Waals surface area contributed by atoms with Gasteiger partial charge >= 0.3 is 11.9 Å². The molecule has 2 heterocycles. The molecule has 2 aliphatic carbocycles. The Hall–Kier alpha value is -1.36. The normalized spacial score (nSPS) is 56.1. The lowest BCUT2D eigenvalue weighted by molar-refractivity contribution is -0.212. The van der Waals surface area contributed by atoms with E-state index < -0.39 is 23.1 Å². The number of rotatable bonds is 0. The van der Waals surface area contributed by atoms with E-state index in [-0.39, 0.29) is 23.9 Å². The fourth-order valence-corrected chi connectivity index (χ4v) is 4.53. The molecule has 1 saturated heterocycles. The van der Waals surface area contributed by atoms with Crippen LogP contribution < -0.4 is 0 Å². The van der Waals surface area contributed by atoms with Crippen LogP contribution in [-0.2, 0) is 19.1 Å². The molecule has 5 heteroatoms. The molecule has 0 aromatic rings. The zero-order valence-electron chi connectivity index (χ0n) is 10.2. The molecule has 1 N–H and O–H groups in total. The van der Waals surface area contributed by atoms with Crippen molar-refractivity contribution in [1.82, 2.24) is 0 Å². The number of hydrogen-bond acceptors (Lipinski definition) is 5. The fraction of sp³-hybridized carbons (Fsp3) is 0.692. The predicted octanol–water partition coefficient (Wildman–Crippen LogP) is 0.171. The second kappa shape index (κ2) is 2.64. The average molecular weight is 250 g/mol. The number of hydrogen-bond donors (Lipinski definition) is 1. The van der Waals surface area contributed by atoms with E-state index in [0.717, 1.165) is 0 Å². The van der Waals surface area contributed by atoms with Gasteiger partial charge in [0.15, 0.2) is 5.60 Å². The largest absolute Gasteiger partial charge is 0.462 e. The highest BCUT2D eigenvalue weighted by Crippen LogP contribution is 2.68. The first-order valence-corrected chi connectivity index (χ1v) is 6.22. The number of carbonyl (C=O) groups is 2. The van der Waals surface area contributed by atoms with E-state index in [9.17, 15) is 14.7 Å². The Balaban J connectivity index is 1.86. The summed E-state index contributed by atoms with van der Waals surface area (Å²) in [6, 6.07) is 0. The number of ether oxygens (including phenoxy) is 2. The molecule has 5 nitrogen and oxygen atoms in total. The van der Waals surface area contributed by atoms with Crippen LogP contribution in [0.4, 0.5) is 0 Å². The molecule has 1 spiro atoms. The molecule has 0 radical (unpaired) electrons. The Labute approximate surface area is 104 Å². The number of aliphatic hydroxyl groups is 1. The molecule has 4 aliphatic rings. The fourth-order valence-electron chi connectivity index (χ4n) is 4.53. The lowest BCUT2D eigenvalue weighted by atomic mass is 9.52. The van der Waals surface area contributed by atoms with Crippen LogP contribution in [0, 0.1) is 17.8 Å². The molecule has 3 fully saturated rings. The maximum Gasteiger partial charge on any atom is 0.334 e. The molecular weight excluding hydrogens is 236 g/mol. The summed E-state index contributed by atoms with van der Waals surface area (Å²) in [7, 11) is 0. The van der Waals surface area contributed by atoms with Crippen molar-refractivity contribution in [2.75, 3.05) is 0 Å². The zero-order chi connectivity index (χ0) is 12.9. The third-order valence-electron chi connectivity index (χ3n) is 5.01. The van der Waals surface area contributed by atoms with Gasteiger partial charge in [-0.1, -0.05) is 0 Å². The van der Waals surface area contributed by atoms with Gasteiger partial charge in [0.05, 0.1) is 5.60 Å². The highest BCUT2D eigenvalue weighted by molar-refractivity contribution is 5.93. The molecule has 0 bridgehead atoms. The highest BCUT2D eigenvalue weighted by atomic mass is 16.6. The first-order chi connectivity index (χ1) is 8.37. The summed E-state index contributed by atoms with van der Waals surface area (Å²) in [5.41, 5.74) is -1.40. The molecule has 2 aliphatic heterocycles. The standard InChI is InChI=1S/C13H14O5/c1-5-3-13(18-10(5)14)8-7-6(17-11(8)15)4-12(2,16)9(7)13/h3,6-9,16H,4H2,1-2H3/t6-,7+,8+,9-,12-,13-/m0/s1. The van der Waals surface area contributed by atoms with Crippen molar-refractivity contribution in [3.05, 3.63) is 11.6 Å². The molecular formula is C13H14O5. The van der Waals surface area contributed by atoms with Gasteiger partial charge in [0.2, 0.25) is 0 Å². The van der Waals surface area contributed by atoms with Crippen molar-refractivity contribution in [3.8, 4) is 0 Å². The van der Waals surface area contributed by atoms with Crippen molar-refractivity contribution in [1.29, 1.82) is 0 Å². The van der Waals surface area contributed by atoms with Crippen molar-refractivity contribution >= 4 is 11.9 Å². The quantitative estimate of drug-likeness (QED) is 0.620. The van der Waals surface area contributed by atoms with Gasteiger partial charge in [-0.25, -0.2) is 4.79 Å². The van der Waals surface area contributed by atoms with Crippen molar-refractivity contribution in [2.45, 2.75) is 37.6 Å². The summed E-state index contributed by atoms with van der Waals surface area (Å²) < 4.78 is 10.8. The second-order valence-corrected chi connectivity index (χ2v) is 6.14. The van der Waals surface area contributed by atoms with Gasteiger partial charge in [0.1, 0.15) is 12.0 Å². The lowest BCUT2D eigenvalue weighted by Gasteiger charge is -2.53. The smallest absolute Gasteiger partial charge is 0.334 e. The Bertz CT molecular complexity index is 519. The van der Waals surface area contributed by atoms with Crippen LogP contribution in [0.15, 0.2) is 11.6 Å². The maximum atomic E-state index is 11.9. The summed E-state index contributed by atoms with van der Waals surface area (Å²) in [6.07, 6.45) is 1.92. The third kappa shape index (κ3) is 0.880. The summed E-state index contributed by atoms with van der Waals surface area (Å²) in [4.78, 5) is 23.5. The van der Waals surface area contributed by atoms with Gasteiger partial charge in [0.25, 0.3) is 0 Å². The summed E-state index contributed by atoms with van der Waals surface area (Å²) in [6.45, 7) is 3.41. The average Bonchev–Trinajstić information content (AvgIpc) is 2.71. The topological polar surface area (TPSA) is 72.8 Å². The van der Waals surface area contributed by atoms with Gasteiger partial charge < -0.3 is 14.6 Å². The van der Waals surface area contributed by atoms with Crippen LogP contribution >= 0.6 is 0 Å².